The Morgan fingerprint density at radius 2 is 1.94 bits per heavy atom. The van der Waals surface area contributed by atoms with E-state index >= 15 is 0 Å². The normalized spacial score (nSPS) is 30.2. The van der Waals surface area contributed by atoms with Crippen molar-refractivity contribution in [2.75, 3.05) is 0 Å². The molecular weight excluding hydrogens is 248 g/mol. The van der Waals surface area contributed by atoms with Crippen LogP contribution in [0.2, 0.25) is 5.02 Å². The van der Waals surface area contributed by atoms with Crippen molar-refractivity contribution in [3.8, 4) is 0 Å². The van der Waals surface area contributed by atoms with Crippen molar-refractivity contribution in [2.24, 2.45) is 5.92 Å². The fourth-order valence-electron chi connectivity index (χ4n) is 2.62. The van der Waals surface area contributed by atoms with Crippen LogP contribution < -0.4 is 0 Å². The maximum absolute atomic E-state index is 10.6. The second kappa shape index (κ2) is 5.20. The summed E-state index contributed by atoms with van der Waals surface area (Å²) in [5, 5.41) is 21.6. The molecular formula is C15H21ClO2. The molecule has 0 spiro atoms. The van der Waals surface area contributed by atoms with Crippen LogP contribution in [0.1, 0.15) is 49.8 Å². The molecule has 1 saturated carbocycles. The van der Waals surface area contributed by atoms with E-state index in [0.29, 0.717) is 29.3 Å². The van der Waals surface area contributed by atoms with Crippen LogP contribution in [0.4, 0.5) is 0 Å². The Bertz CT molecular complexity index is 423. The molecule has 1 aromatic carbocycles. The average Bonchev–Trinajstić information content (AvgIpc) is 2.36. The highest BCUT2D eigenvalue weighted by Gasteiger charge is 2.39. The minimum Gasteiger partial charge on any atom is -0.387 e. The second-order valence-corrected chi connectivity index (χ2v) is 6.10. The molecule has 1 aliphatic carbocycles. The van der Waals surface area contributed by atoms with Crippen LogP contribution in [-0.4, -0.2) is 15.8 Å². The molecule has 3 heteroatoms. The van der Waals surface area contributed by atoms with E-state index in [1.165, 1.54) is 0 Å². The number of rotatable bonds is 2. The third-order valence-electron chi connectivity index (χ3n) is 4.16. The van der Waals surface area contributed by atoms with Crippen molar-refractivity contribution >= 4 is 11.6 Å². The molecule has 2 N–H and O–H groups in total. The lowest BCUT2D eigenvalue weighted by molar-refractivity contribution is -0.105. The molecule has 2 rings (SSSR count). The largest absolute Gasteiger partial charge is 0.387 e. The fourth-order valence-corrected chi connectivity index (χ4v) is 2.81. The van der Waals surface area contributed by atoms with E-state index in [1.54, 1.807) is 6.07 Å². The summed E-state index contributed by atoms with van der Waals surface area (Å²) in [6, 6.07) is 5.50. The first-order chi connectivity index (χ1) is 8.42. The van der Waals surface area contributed by atoms with Crippen LogP contribution in [-0.2, 0) is 0 Å². The molecule has 1 unspecified atom stereocenters. The molecule has 0 aromatic heterocycles. The van der Waals surface area contributed by atoms with Gasteiger partial charge in [0.15, 0.2) is 0 Å². The number of hydrogen-bond acceptors (Lipinski definition) is 2. The Morgan fingerprint density at radius 1 is 1.33 bits per heavy atom. The van der Waals surface area contributed by atoms with E-state index < -0.39 is 11.7 Å². The van der Waals surface area contributed by atoms with Crippen molar-refractivity contribution in [3.63, 3.8) is 0 Å². The summed E-state index contributed by atoms with van der Waals surface area (Å²) in [6.45, 7) is 4.12. The van der Waals surface area contributed by atoms with E-state index in [1.807, 2.05) is 19.1 Å². The van der Waals surface area contributed by atoms with Crippen LogP contribution >= 0.6 is 11.6 Å². The van der Waals surface area contributed by atoms with Gasteiger partial charge in [-0.3, -0.25) is 0 Å². The Kier molecular flexibility index (Phi) is 4.00. The molecule has 0 bridgehead atoms. The zero-order valence-corrected chi connectivity index (χ0v) is 11.7. The molecule has 1 fully saturated rings. The first kappa shape index (κ1) is 13.9. The van der Waals surface area contributed by atoms with Crippen LogP contribution in [0, 0.1) is 12.8 Å². The summed E-state index contributed by atoms with van der Waals surface area (Å²) in [5.74, 6) is 0.638. The van der Waals surface area contributed by atoms with Gasteiger partial charge in [0.05, 0.1) is 5.60 Å². The molecule has 0 radical (unpaired) electrons. The number of aryl methyl sites for hydroxylation is 1. The minimum atomic E-state index is -0.995. The van der Waals surface area contributed by atoms with Crippen molar-refractivity contribution in [1.82, 2.24) is 0 Å². The van der Waals surface area contributed by atoms with Gasteiger partial charge in [-0.05, 0) is 55.7 Å². The van der Waals surface area contributed by atoms with Crippen molar-refractivity contribution in [1.29, 1.82) is 0 Å². The zero-order valence-electron chi connectivity index (χ0n) is 11.0. The second-order valence-electron chi connectivity index (χ2n) is 5.70. The fraction of sp³-hybridized carbons (Fsp3) is 0.600. The van der Waals surface area contributed by atoms with Crippen LogP contribution in [0.5, 0.6) is 0 Å². The molecule has 1 atom stereocenters. The van der Waals surface area contributed by atoms with Gasteiger partial charge >= 0.3 is 0 Å². The zero-order chi connectivity index (χ0) is 13.3. The summed E-state index contributed by atoms with van der Waals surface area (Å²) in [4.78, 5) is 0. The summed E-state index contributed by atoms with van der Waals surface area (Å²) >= 11 is 6.07. The van der Waals surface area contributed by atoms with Gasteiger partial charge < -0.3 is 10.2 Å². The summed E-state index contributed by atoms with van der Waals surface area (Å²) < 4.78 is 0. The SMILES string of the molecule is Cc1ccc(C(O)C2(O)CCC(C)CC2)cc1Cl. The first-order valence-electron chi connectivity index (χ1n) is 6.59. The Labute approximate surface area is 114 Å². The maximum atomic E-state index is 10.6. The highest BCUT2D eigenvalue weighted by atomic mass is 35.5. The number of aliphatic hydroxyl groups excluding tert-OH is 1. The van der Waals surface area contributed by atoms with Gasteiger partial charge in [-0.1, -0.05) is 30.7 Å². The quantitative estimate of drug-likeness (QED) is 0.860. The summed E-state index contributed by atoms with van der Waals surface area (Å²) in [5.41, 5.74) is 0.699. The molecule has 100 valence electrons. The summed E-state index contributed by atoms with van der Waals surface area (Å²) in [7, 11) is 0. The minimum absolute atomic E-state index is 0.638. The monoisotopic (exact) mass is 268 g/mol. The number of benzene rings is 1. The predicted molar refractivity (Wildman–Crippen MR) is 73.7 cm³/mol. The van der Waals surface area contributed by atoms with Gasteiger partial charge in [-0.15, -0.1) is 0 Å². The highest BCUT2D eigenvalue weighted by Crippen LogP contribution is 2.40. The number of aliphatic hydroxyl groups is 2. The molecule has 2 nitrogen and oxygen atoms in total. The van der Waals surface area contributed by atoms with Gasteiger partial charge in [-0.2, -0.15) is 0 Å². The molecule has 0 amide bonds. The van der Waals surface area contributed by atoms with Gasteiger partial charge in [0, 0.05) is 5.02 Å². The van der Waals surface area contributed by atoms with Crippen LogP contribution in [0.25, 0.3) is 0 Å². The van der Waals surface area contributed by atoms with E-state index in [4.69, 9.17) is 11.6 Å². The van der Waals surface area contributed by atoms with Gasteiger partial charge in [0.2, 0.25) is 0 Å². The molecule has 18 heavy (non-hydrogen) atoms. The van der Waals surface area contributed by atoms with Crippen molar-refractivity contribution < 1.29 is 10.2 Å². The lowest BCUT2D eigenvalue weighted by Gasteiger charge is -2.38. The standard InChI is InChI=1S/C15H21ClO2/c1-10-5-7-15(18,8-6-10)14(17)12-4-3-11(2)13(16)9-12/h3-4,9-10,14,17-18H,5-8H2,1-2H3. The third-order valence-corrected chi connectivity index (χ3v) is 4.57. The smallest absolute Gasteiger partial charge is 0.108 e. The van der Waals surface area contributed by atoms with Gasteiger partial charge in [0.25, 0.3) is 0 Å². The molecule has 0 aliphatic heterocycles. The molecule has 0 heterocycles. The van der Waals surface area contributed by atoms with Crippen LogP contribution in [0.3, 0.4) is 0 Å². The lowest BCUT2D eigenvalue weighted by atomic mass is 9.75. The highest BCUT2D eigenvalue weighted by molar-refractivity contribution is 6.31. The number of halogens is 1. The van der Waals surface area contributed by atoms with E-state index in [-0.39, 0.29) is 0 Å². The Hall–Kier alpha value is -0.570. The molecule has 1 aromatic rings. The van der Waals surface area contributed by atoms with Crippen molar-refractivity contribution in [2.45, 2.75) is 51.2 Å². The Balaban J connectivity index is 2.19. The summed E-state index contributed by atoms with van der Waals surface area (Å²) in [6.07, 6.45) is 2.39. The maximum Gasteiger partial charge on any atom is 0.108 e. The molecule has 0 saturated heterocycles. The van der Waals surface area contributed by atoms with E-state index in [9.17, 15) is 10.2 Å². The number of hydrogen-bond donors (Lipinski definition) is 2. The van der Waals surface area contributed by atoms with Crippen molar-refractivity contribution in [3.05, 3.63) is 34.3 Å². The Morgan fingerprint density at radius 3 is 2.50 bits per heavy atom. The third kappa shape index (κ3) is 2.71. The topological polar surface area (TPSA) is 40.5 Å². The van der Waals surface area contributed by atoms with Gasteiger partial charge in [-0.25, -0.2) is 0 Å². The predicted octanol–water partition coefficient (Wildman–Crippen LogP) is 3.62. The lowest BCUT2D eigenvalue weighted by Crippen LogP contribution is -2.39. The van der Waals surface area contributed by atoms with E-state index in [0.717, 1.165) is 18.4 Å². The van der Waals surface area contributed by atoms with Gasteiger partial charge in [0.1, 0.15) is 6.10 Å². The van der Waals surface area contributed by atoms with Crippen LogP contribution in [0.15, 0.2) is 18.2 Å². The van der Waals surface area contributed by atoms with E-state index in [2.05, 4.69) is 6.92 Å². The molecule has 1 aliphatic rings. The first-order valence-corrected chi connectivity index (χ1v) is 6.97. The average molecular weight is 269 g/mol.